The monoisotopic (exact) mass is 355 g/mol. The van der Waals surface area contributed by atoms with E-state index in [-0.39, 0.29) is 11.9 Å². The Morgan fingerprint density at radius 2 is 2.05 bits per heavy atom. The standard InChI is InChI=1S/C16H16BrClFN/c1-2-20-16(9-11-4-3-5-13(19)8-11)12-6-7-14(17)15(18)10-12/h3-8,10,16,20H,2,9H2,1H3. The average molecular weight is 357 g/mol. The Bertz CT molecular complexity index is 588. The number of halogens is 3. The van der Waals surface area contributed by atoms with Crippen molar-refractivity contribution in [2.45, 2.75) is 19.4 Å². The zero-order valence-corrected chi connectivity index (χ0v) is 13.5. The molecule has 2 aromatic carbocycles. The maximum absolute atomic E-state index is 13.3. The van der Waals surface area contributed by atoms with Crippen LogP contribution in [-0.2, 0) is 6.42 Å². The van der Waals surface area contributed by atoms with Crippen molar-refractivity contribution >= 4 is 27.5 Å². The van der Waals surface area contributed by atoms with Crippen molar-refractivity contribution in [1.82, 2.24) is 5.32 Å². The fraction of sp³-hybridized carbons (Fsp3) is 0.250. The highest BCUT2D eigenvalue weighted by molar-refractivity contribution is 9.10. The van der Waals surface area contributed by atoms with Crippen LogP contribution in [0.2, 0.25) is 5.02 Å². The molecule has 1 unspecified atom stereocenters. The normalized spacial score (nSPS) is 12.4. The van der Waals surface area contributed by atoms with Crippen molar-refractivity contribution in [2.24, 2.45) is 0 Å². The molecule has 0 aliphatic rings. The molecule has 0 saturated carbocycles. The van der Waals surface area contributed by atoms with E-state index >= 15 is 0 Å². The number of hydrogen-bond acceptors (Lipinski definition) is 1. The summed E-state index contributed by atoms with van der Waals surface area (Å²) >= 11 is 9.54. The molecule has 0 heterocycles. The first-order valence-corrected chi connectivity index (χ1v) is 7.70. The van der Waals surface area contributed by atoms with Crippen LogP contribution in [0.25, 0.3) is 0 Å². The van der Waals surface area contributed by atoms with Gasteiger partial charge in [0.1, 0.15) is 5.82 Å². The topological polar surface area (TPSA) is 12.0 Å². The van der Waals surface area contributed by atoms with Crippen LogP contribution in [0.4, 0.5) is 4.39 Å². The highest BCUT2D eigenvalue weighted by Gasteiger charge is 2.13. The smallest absolute Gasteiger partial charge is 0.123 e. The van der Waals surface area contributed by atoms with Crippen molar-refractivity contribution in [1.29, 1.82) is 0 Å². The molecule has 0 radical (unpaired) electrons. The van der Waals surface area contributed by atoms with E-state index in [4.69, 9.17) is 11.6 Å². The summed E-state index contributed by atoms with van der Waals surface area (Å²) in [6, 6.07) is 12.7. The van der Waals surface area contributed by atoms with Gasteiger partial charge in [-0.05, 0) is 64.3 Å². The third kappa shape index (κ3) is 4.05. The zero-order chi connectivity index (χ0) is 14.5. The van der Waals surface area contributed by atoms with Crippen LogP contribution >= 0.6 is 27.5 Å². The predicted octanol–water partition coefficient (Wildman–Crippen LogP) is 5.13. The molecule has 0 bridgehead atoms. The van der Waals surface area contributed by atoms with Crippen molar-refractivity contribution in [2.75, 3.05) is 6.54 Å². The molecule has 0 aromatic heterocycles. The molecule has 0 aliphatic heterocycles. The molecule has 4 heteroatoms. The maximum Gasteiger partial charge on any atom is 0.123 e. The first kappa shape index (κ1) is 15.5. The fourth-order valence-electron chi connectivity index (χ4n) is 2.18. The van der Waals surface area contributed by atoms with Crippen LogP contribution in [-0.4, -0.2) is 6.54 Å². The van der Waals surface area contributed by atoms with Crippen LogP contribution in [0.3, 0.4) is 0 Å². The summed E-state index contributed by atoms with van der Waals surface area (Å²) in [6.45, 7) is 2.90. The minimum absolute atomic E-state index is 0.118. The summed E-state index contributed by atoms with van der Waals surface area (Å²) in [6.07, 6.45) is 0.726. The Morgan fingerprint density at radius 1 is 1.25 bits per heavy atom. The maximum atomic E-state index is 13.3. The third-order valence-corrected chi connectivity index (χ3v) is 4.36. The minimum atomic E-state index is -0.202. The second-order valence-corrected chi connectivity index (χ2v) is 5.88. The van der Waals surface area contributed by atoms with Gasteiger partial charge in [0.05, 0.1) is 5.02 Å². The molecule has 1 nitrogen and oxygen atoms in total. The Kier molecular flexibility index (Phi) is 5.58. The van der Waals surface area contributed by atoms with E-state index in [1.807, 2.05) is 24.3 Å². The van der Waals surface area contributed by atoms with Crippen LogP contribution in [0.15, 0.2) is 46.9 Å². The van der Waals surface area contributed by atoms with Gasteiger partial charge in [-0.2, -0.15) is 0 Å². The highest BCUT2D eigenvalue weighted by Crippen LogP contribution is 2.27. The average Bonchev–Trinajstić information content (AvgIpc) is 2.41. The molecule has 2 rings (SSSR count). The number of benzene rings is 2. The van der Waals surface area contributed by atoms with E-state index in [1.54, 1.807) is 12.1 Å². The number of rotatable bonds is 5. The summed E-state index contributed by atoms with van der Waals surface area (Å²) < 4.78 is 14.2. The second kappa shape index (κ2) is 7.21. The quantitative estimate of drug-likeness (QED) is 0.782. The van der Waals surface area contributed by atoms with Gasteiger partial charge in [-0.3, -0.25) is 0 Å². The zero-order valence-electron chi connectivity index (χ0n) is 11.2. The van der Waals surface area contributed by atoms with Crippen LogP contribution in [0.5, 0.6) is 0 Å². The van der Waals surface area contributed by atoms with Gasteiger partial charge in [0.25, 0.3) is 0 Å². The largest absolute Gasteiger partial charge is 0.310 e. The molecule has 0 spiro atoms. The van der Waals surface area contributed by atoms with Gasteiger partial charge >= 0.3 is 0 Å². The van der Waals surface area contributed by atoms with Crippen LogP contribution in [0, 0.1) is 5.82 Å². The molecule has 2 aromatic rings. The lowest BCUT2D eigenvalue weighted by Gasteiger charge is -2.19. The third-order valence-electron chi connectivity index (χ3n) is 3.13. The van der Waals surface area contributed by atoms with E-state index in [9.17, 15) is 4.39 Å². The Morgan fingerprint density at radius 3 is 2.70 bits per heavy atom. The van der Waals surface area contributed by atoms with Crippen molar-refractivity contribution in [3.05, 3.63) is 68.9 Å². The Hall–Kier alpha value is -0.900. The van der Waals surface area contributed by atoms with E-state index in [0.717, 1.165) is 28.6 Å². The van der Waals surface area contributed by atoms with Gasteiger partial charge in [0.15, 0.2) is 0 Å². The Labute approximate surface area is 132 Å². The molecule has 0 aliphatic carbocycles. The van der Waals surface area contributed by atoms with Gasteiger partial charge in [-0.1, -0.05) is 36.7 Å². The van der Waals surface area contributed by atoms with E-state index in [2.05, 4.69) is 28.2 Å². The SMILES string of the molecule is CCNC(Cc1cccc(F)c1)c1ccc(Br)c(Cl)c1. The lowest BCUT2D eigenvalue weighted by Crippen LogP contribution is -2.23. The van der Waals surface area contributed by atoms with E-state index in [0.29, 0.717) is 5.02 Å². The molecule has 20 heavy (non-hydrogen) atoms. The lowest BCUT2D eigenvalue weighted by molar-refractivity contribution is 0.546. The van der Waals surface area contributed by atoms with Crippen LogP contribution < -0.4 is 5.32 Å². The molecule has 106 valence electrons. The molecular formula is C16H16BrClFN. The summed E-state index contributed by atoms with van der Waals surface area (Å²) in [4.78, 5) is 0. The predicted molar refractivity (Wildman–Crippen MR) is 85.7 cm³/mol. The van der Waals surface area contributed by atoms with E-state index in [1.165, 1.54) is 6.07 Å². The van der Waals surface area contributed by atoms with Crippen molar-refractivity contribution in [3.8, 4) is 0 Å². The number of likely N-dealkylation sites (N-methyl/N-ethyl adjacent to an activating group) is 1. The van der Waals surface area contributed by atoms with E-state index < -0.39 is 0 Å². The van der Waals surface area contributed by atoms with Crippen molar-refractivity contribution in [3.63, 3.8) is 0 Å². The van der Waals surface area contributed by atoms with Gasteiger partial charge < -0.3 is 5.32 Å². The minimum Gasteiger partial charge on any atom is -0.310 e. The molecule has 1 atom stereocenters. The lowest BCUT2D eigenvalue weighted by atomic mass is 9.99. The molecule has 1 N–H and O–H groups in total. The second-order valence-electron chi connectivity index (χ2n) is 4.62. The fourth-order valence-corrected chi connectivity index (χ4v) is 2.62. The highest BCUT2D eigenvalue weighted by atomic mass is 79.9. The summed E-state index contributed by atoms with van der Waals surface area (Å²) in [7, 11) is 0. The van der Waals surface area contributed by atoms with Gasteiger partial charge in [0.2, 0.25) is 0 Å². The first-order chi connectivity index (χ1) is 9.60. The van der Waals surface area contributed by atoms with Gasteiger partial charge in [-0.15, -0.1) is 0 Å². The number of hydrogen-bond donors (Lipinski definition) is 1. The van der Waals surface area contributed by atoms with Crippen LogP contribution in [0.1, 0.15) is 24.1 Å². The molecular weight excluding hydrogens is 341 g/mol. The molecule has 0 amide bonds. The summed E-state index contributed by atoms with van der Waals surface area (Å²) in [5.74, 6) is -0.202. The van der Waals surface area contributed by atoms with Gasteiger partial charge in [0, 0.05) is 10.5 Å². The first-order valence-electron chi connectivity index (χ1n) is 6.53. The van der Waals surface area contributed by atoms with Gasteiger partial charge in [-0.25, -0.2) is 4.39 Å². The summed E-state index contributed by atoms with van der Waals surface area (Å²) in [5.41, 5.74) is 2.07. The Balaban J connectivity index is 2.24. The molecule has 0 fully saturated rings. The van der Waals surface area contributed by atoms with Crippen molar-refractivity contribution < 1.29 is 4.39 Å². The molecule has 0 saturated heterocycles. The summed E-state index contributed by atoms with van der Waals surface area (Å²) in [5, 5.41) is 4.10. The number of nitrogens with one attached hydrogen (secondary N) is 1.